The summed E-state index contributed by atoms with van der Waals surface area (Å²) in [6, 6.07) is 10.4. The molecule has 2 rings (SSSR count). The van der Waals surface area contributed by atoms with E-state index in [4.69, 9.17) is 5.73 Å². The largest absolute Gasteiger partial charge is 0.342 e. The summed E-state index contributed by atoms with van der Waals surface area (Å²) >= 11 is 1.45. The van der Waals surface area contributed by atoms with Gasteiger partial charge in [-0.2, -0.15) is 4.37 Å². The van der Waals surface area contributed by atoms with Gasteiger partial charge in [-0.25, -0.2) is 4.98 Å². The van der Waals surface area contributed by atoms with E-state index in [1.54, 1.807) is 0 Å². The molecule has 96 valence electrons. The van der Waals surface area contributed by atoms with Crippen molar-refractivity contribution < 1.29 is 0 Å². The van der Waals surface area contributed by atoms with Crippen LogP contribution in [-0.2, 0) is 6.54 Å². The highest BCUT2D eigenvalue weighted by atomic mass is 32.1. The van der Waals surface area contributed by atoms with Gasteiger partial charge >= 0.3 is 0 Å². The van der Waals surface area contributed by atoms with E-state index in [0.717, 1.165) is 30.5 Å². The Hall–Kier alpha value is -1.46. The van der Waals surface area contributed by atoms with Gasteiger partial charge in [0.2, 0.25) is 5.13 Å². The van der Waals surface area contributed by atoms with Crippen LogP contribution in [0.25, 0.3) is 0 Å². The Labute approximate surface area is 112 Å². The van der Waals surface area contributed by atoms with Gasteiger partial charge in [0.05, 0.1) is 0 Å². The molecule has 2 aromatic rings. The third-order valence-corrected chi connectivity index (χ3v) is 3.50. The first-order chi connectivity index (χ1) is 8.79. The van der Waals surface area contributed by atoms with Gasteiger partial charge in [-0.3, -0.25) is 0 Å². The molecule has 2 N–H and O–H groups in total. The molecule has 0 aliphatic rings. The summed E-state index contributed by atoms with van der Waals surface area (Å²) in [5, 5.41) is 0.977. The van der Waals surface area contributed by atoms with Crippen molar-refractivity contribution in [2.24, 2.45) is 5.73 Å². The minimum Gasteiger partial charge on any atom is -0.342 e. The quantitative estimate of drug-likeness (QED) is 0.867. The van der Waals surface area contributed by atoms with E-state index in [-0.39, 0.29) is 0 Å². The third kappa shape index (κ3) is 3.51. The molecule has 1 aromatic carbocycles. The van der Waals surface area contributed by atoms with E-state index in [1.165, 1.54) is 17.1 Å². The van der Waals surface area contributed by atoms with Crippen LogP contribution in [0.2, 0.25) is 0 Å². The molecule has 1 aromatic heterocycles. The van der Waals surface area contributed by atoms with E-state index >= 15 is 0 Å². The molecule has 0 aliphatic carbocycles. The Morgan fingerprint density at radius 1 is 1.28 bits per heavy atom. The Kier molecular flexibility index (Phi) is 4.66. The van der Waals surface area contributed by atoms with Crippen LogP contribution in [0.4, 0.5) is 5.13 Å². The highest BCUT2D eigenvalue weighted by Gasteiger charge is 2.11. The molecule has 5 heteroatoms. The van der Waals surface area contributed by atoms with Gasteiger partial charge in [-0.1, -0.05) is 30.3 Å². The first kappa shape index (κ1) is 13.0. The molecule has 0 spiro atoms. The Balaban J connectivity index is 2.10. The second kappa shape index (κ2) is 6.47. The molecule has 0 saturated carbocycles. The molecule has 18 heavy (non-hydrogen) atoms. The van der Waals surface area contributed by atoms with E-state index in [2.05, 4.69) is 38.5 Å². The number of nitrogens with zero attached hydrogens (tertiary/aromatic N) is 3. The standard InChI is InChI=1S/C13H18N4S/c1-11-15-13(18-16-11)17(9-5-8-14)10-12-6-3-2-4-7-12/h2-4,6-7H,5,8-10,14H2,1H3. The summed E-state index contributed by atoms with van der Waals surface area (Å²) in [5.74, 6) is 0.834. The maximum Gasteiger partial charge on any atom is 0.205 e. The molecular weight excluding hydrogens is 244 g/mol. The first-order valence-electron chi connectivity index (χ1n) is 6.09. The monoisotopic (exact) mass is 262 g/mol. The Morgan fingerprint density at radius 2 is 2.06 bits per heavy atom. The predicted molar refractivity (Wildman–Crippen MR) is 75.8 cm³/mol. The molecule has 0 radical (unpaired) electrons. The third-order valence-electron chi connectivity index (χ3n) is 2.64. The SMILES string of the molecule is Cc1nsc(N(CCCN)Cc2ccccc2)n1. The molecule has 0 aliphatic heterocycles. The van der Waals surface area contributed by atoms with Gasteiger partial charge < -0.3 is 10.6 Å². The van der Waals surface area contributed by atoms with Gasteiger partial charge in [0.1, 0.15) is 5.82 Å². The topological polar surface area (TPSA) is 55.0 Å². The summed E-state index contributed by atoms with van der Waals surface area (Å²) in [4.78, 5) is 6.70. The van der Waals surface area contributed by atoms with Crippen LogP contribution in [0.15, 0.2) is 30.3 Å². The second-order valence-electron chi connectivity index (χ2n) is 4.17. The molecule has 0 amide bonds. The zero-order chi connectivity index (χ0) is 12.8. The lowest BCUT2D eigenvalue weighted by atomic mass is 10.2. The van der Waals surface area contributed by atoms with Crippen LogP contribution >= 0.6 is 11.5 Å². The van der Waals surface area contributed by atoms with E-state index in [1.807, 2.05) is 13.0 Å². The average Bonchev–Trinajstić information content (AvgIpc) is 2.82. The number of rotatable bonds is 6. The van der Waals surface area contributed by atoms with Gasteiger partial charge in [0.25, 0.3) is 0 Å². The number of nitrogens with two attached hydrogens (primary N) is 1. The highest BCUT2D eigenvalue weighted by molar-refractivity contribution is 7.09. The molecule has 4 nitrogen and oxygen atoms in total. The molecule has 0 unspecified atom stereocenters. The smallest absolute Gasteiger partial charge is 0.205 e. The predicted octanol–water partition coefficient (Wildman–Crippen LogP) is 2.20. The first-order valence-corrected chi connectivity index (χ1v) is 6.86. The van der Waals surface area contributed by atoms with Crippen LogP contribution in [0.5, 0.6) is 0 Å². The van der Waals surface area contributed by atoms with E-state index in [9.17, 15) is 0 Å². The number of aromatic nitrogens is 2. The molecule has 0 bridgehead atoms. The highest BCUT2D eigenvalue weighted by Crippen LogP contribution is 2.19. The number of anilines is 1. The van der Waals surface area contributed by atoms with Gasteiger partial charge in [0, 0.05) is 24.6 Å². The van der Waals surface area contributed by atoms with Crippen molar-refractivity contribution in [2.75, 3.05) is 18.0 Å². The van der Waals surface area contributed by atoms with Crippen LogP contribution in [-0.4, -0.2) is 22.4 Å². The Bertz CT molecular complexity index is 469. The lowest BCUT2D eigenvalue weighted by Gasteiger charge is -2.21. The van der Waals surface area contributed by atoms with Crippen molar-refractivity contribution >= 4 is 16.7 Å². The number of benzene rings is 1. The van der Waals surface area contributed by atoms with Crippen LogP contribution in [0, 0.1) is 6.92 Å². The van der Waals surface area contributed by atoms with Crippen molar-refractivity contribution in [1.82, 2.24) is 9.36 Å². The minimum atomic E-state index is 0.697. The molecular formula is C13H18N4S. The minimum absolute atomic E-state index is 0.697. The Morgan fingerprint density at radius 3 is 2.67 bits per heavy atom. The van der Waals surface area contributed by atoms with Crippen LogP contribution in [0.3, 0.4) is 0 Å². The van der Waals surface area contributed by atoms with Crippen molar-refractivity contribution in [3.8, 4) is 0 Å². The zero-order valence-electron chi connectivity index (χ0n) is 10.5. The fourth-order valence-corrected chi connectivity index (χ4v) is 2.44. The van der Waals surface area contributed by atoms with Crippen LogP contribution < -0.4 is 10.6 Å². The zero-order valence-corrected chi connectivity index (χ0v) is 11.4. The van der Waals surface area contributed by atoms with Gasteiger partial charge in [0.15, 0.2) is 0 Å². The lowest BCUT2D eigenvalue weighted by Crippen LogP contribution is -2.25. The fourth-order valence-electron chi connectivity index (χ4n) is 1.74. The normalized spacial score (nSPS) is 10.6. The van der Waals surface area contributed by atoms with Gasteiger partial charge in [-0.15, -0.1) is 0 Å². The second-order valence-corrected chi connectivity index (χ2v) is 4.90. The molecule has 0 fully saturated rings. The maximum atomic E-state index is 5.59. The number of aryl methyl sites for hydroxylation is 1. The van der Waals surface area contributed by atoms with Gasteiger partial charge in [-0.05, 0) is 25.5 Å². The van der Waals surface area contributed by atoms with E-state index in [0.29, 0.717) is 6.54 Å². The lowest BCUT2D eigenvalue weighted by molar-refractivity contribution is 0.732. The number of hydrogen-bond acceptors (Lipinski definition) is 5. The maximum absolute atomic E-state index is 5.59. The van der Waals surface area contributed by atoms with Crippen molar-refractivity contribution in [2.45, 2.75) is 19.9 Å². The average molecular weight is 262 g/mol. The van der Waals surface area contributed by atoms with Crippen molar-refractivity contribution in [3.63, 3.8) is 0 Å². The summed E-state index contributed by atoms with van der Waals surface area (Å²) in [5.41, 5.74) is 6.87. The number of hydrogen-bond donors (Lipinski definition) is 1. The summed E-state index contributed by atoms with van der Waals surface area (Å²) in [6.45, 7) is 4.39. The molecule has 0 saturated heterocycles. The molecule has 1 heterocycles. The van der Waals surface area contributed by atoms with E-state index < -0.39 is 0 Å². The summed E-state index contributed by atoms with van der Waals surface area (Å²) in [6.07, 6.45) is 0.964. The van der Waals surface area contributed by atoms with Crippen molar-refractivity contribution in [3.05, 3.63) is 41.7 Å². The molecule has 0 atom stereocenters. The van der Waals surface area contributed by atoms with Crippen molar-refractivity contribution in [1.29, 1.82) is 0 Å². The fraction of sp³-hybridized carbons (Fsp3) is 0.385. The summed E-state index contributed by atoms with van der Waals surface area (Å²) in [7, 11) is 0. The summed E-state index contributed by atoms with van der Waals surface area (Å²) < 4.78 is 4.24. The van der Waals surface area contributed by atoms with Crippen LogP contribution in [0.1, 0.15) is 17.8 Å².